The monoisotopic (exact) mass is 474 g/mol. The molecule has 5 fully saturated rings. The van der Waals surface area contributed by atoms with Crippen LogP contribution in [0.25, 0.3) is 0 Å². The summed E-state index contributed by atoms with van der Waals surface area (Å²) in [5, 5.41) is 5.19. The lowest BCUT2D eigenvalue weighted by Gasteiger charge is -2.40. The number of anilines is 1. The Kier molecular flexibility index (Phi) is 4.88. The maximum atomic E-state index is 14.7. The first-order chi connectivity index (χ1) is 16.3. The second-order valence-electron chi connectivity index (χ2n) is 10.4. The standard InChI is InChI=1S/C24H28F2N4O4/c25-17-8-14(9-18(26)20(17)16-4-5-19(31)27-21(16)32)29-10-15(11-29)34-22(33)28-23-12-24(23,13-23)30-6-2-1-3-7-30/h8-9,15-16H,1-7,10-13H2,(H,28,33)(H,27,31,32). The molecule has 0 radical (unpaired) electrons. The maximum absolute atomic E-state index is 14.7. The molecule has 182 valence electrons. The molecule has 2 N–H and O–H groups in total. The summed E-state index contributed by atoms with van der Waals surface area (Å²) in [4.78, 5) is 40.0. The third-order valence-electron chi connectivity index (χ3n) is 8.27. The summed E-state index contributed by atoms with van der Waals surface area (Å²) in [6, 6.07) is 2.39. The second-order valence-corrected chi connectivity index (χ2v) is 10.4. The fourth-order valence-electron chi connectivity index (χ4n) is 6.07. The van der Waals surface area contributed by atoms with Gasteiger partial charge in [-0.3, -0.25) is 19.8 Å². The number of hydrogen-bond acceptors (Lipinski definition) is 6. The Morgan fingerprint density at radius 1 is 1.09 bits per heavy atom. The van der Waals surface area contributed by atoms with E-state index in [-0.39, 0.29) is 35.6 Å². The fourth-order valence-corrected chi connectivity index (χ4v) is 6.07. The van der Waals surface area contributed by atoms with Gasteiger partial charge >= 0.3 is 6.09 Å². The minimum atomic E-state index is -1.02. The number of carbonyl (C=O) groups is 3. The molecule has 2 aliphatic carbocycles. The number of carbonyl (C=O) groups excluding carboxylic acids is 3. The minimum absolute atomic E-state index is 0.0463. The van der Waals surface area contributed by atoms with Gasteiger partial charge in [-0.1, -0.05) is 6.42 Å². The third kappa shape index (κ3) is 3.45. The first-order valence-electron chi connectivity index (χ1n) is 12.1. The van der Waals surface area contributed by atoms with Crippen molar-refractivity contribution in [3.05, 3.63) is 29.3 Å². The van der Waals surface area contributed by atoms with Crippen LogP contribution in [0.5, 0.6) is 0 Å². The molecule has 3 amide bonds. The minimum Gasteiger partial charge on any atom is -0.442 e. The molecule has 0 aromatic heterocycles. The van der Waals surface area contributed by atoms with Crippen LogP contribution in [0.15, 0.2) is 12.1 Å². The largest absolute Gasteiger partial charge is 0.442 e. The number of halogens is 2. The molecule has 34 heavy (non-hydrogen) atoms. The number of nitrogens with one attached hydrogen (secondary N) is 2. The molecule has 6 rings (SSSR count). The molecule has 3 heterocycles. The van der Waals surface area contributed by atoms with E-state index in [4.69, 9.17) is 4.74 Å². The topological polar surface area (TPSA) is 91.0 Å². The zero-order chi connectivity index (χ0) is 23.7. The van der Waals surface area contributed by atoms with Gasteiger partial charge in [-0.05, 0) is 57.3 Å². The average molecular weight is 475 g/mol. The van der Waals surface area contributed by atoms with Crippen molar-refractivity contribution in [2.45, 2.75) is 68.0 Å². The van der Waals surface area contributed by atoms with E-state index in [9.17, 15) is 23.2 Å². The first-order valence-corrected chi connectivity index (χ1v) is 12.1. The number of rotatable bonds is 5. The van der Waals surface area contributed by atoms with E-state index in [0.717, 1.165) is 25.9 Å². The smallest absolute Gasteiger partial charge is 0.408 e. The van der Waals surface area contributed by atoms with Gasteiger partial charge in [0, 0.05) is 23.2 Å². The lowest BCUT2D eigenvalue weighted by Crippen LogP contribution is -2.54. The highest BCUT2D eigenvalue weighted by Crippen LogP contribution is 2.74. The van der Waals surface area contributed by atoms with Crippen molar-refractivity contribution in [3.63, 3.8) is 0 Å². The molecule has 1 aromatic rings. The average Bonchev–Trinajstić information content (AvgIpc) is 3.59. The lowest BCUT2D eigenvalue weighted by atomic mass is 9.89. The summed E-state index contributed by atoms with van der Waals surface area (Å²) in [6.45, 7) is 2.89. The molecule has 0 bridgehead atoms. The van der Waals surface area contributed by atoms with Crippen LogP contribution in [-0.4, -0.2) is 66.2 Å². The Morgan fingerprint density at radius 3 is 2.41 bits per heavy atom. The van der Waals surface area contributed by atoms with E-state index >= 15 is 0 Å². The van der Waals surface area contributed by atoms with Gasteiger partial charge in [0.2, 0.25) is 11.8 Å². The van der Waals surface area contributed by atoms with Gasteiger partial charge in [0.1, 0.15) is 17.7 Å². The van der Waals surface area contributed by atoms with Crippen molar-refractivity contribution in [1.29, 1.82) is 0 Å². The van der Waals surface area contributed by atoms with E-state index in [1.807, 2.05) is 0 Å². The number of amides is 3. The number of piperidine rings is 2. The molecule has 5 aliphatic rings. The predicted octanol–water partition coefficient (Wildman–Crippen LogP) is 2.17. The third-order valence-corrected chi connectivity index (χ3v) is 8.27. The van der Waals surface area contributed by atoms with E-state index in [1.165, 1.54) is 31.4 Å². The fraction of sp³-hybridized carbons (Fsp3) is 0.625. The van der Waals surface area contributed by atoms with Crippen LogP contribution in [-0.2, 0) is 14.3 Å². The number of fused-ring (bicyclic) bond motifs is 1. The summed E-state index contributed by atoms with van der Waals surface area (Å²) >= 11 is 0. The summed E-state index contributed by atoms with van der Waals surface area (Å²) < 4.78 is 35.0. The highest BCUT2D eigenvalue weighted by atomic mass is 19.1. The SMILES string of the molecule is O=C1CCC(c2c(F)cc(N3CC(OC(=O)NC45CC4(N4CCCCC4)C5)C3)cc2F)C(=O)N1. The highest BCUT2D eigenvalue weighted by Gasteiger charge is 2.86. The van der Waals surface area contributed by atoms with Crippen molar-refractivity contribution in [2.24, 2.45) is 0 Å². The molecule has 3 aliphatic heterocycles. The number of hydrogen-bond donors (Lipinski definition) is 2. The summed E-state index contributed by atoms with van der Waals surface area (Å²) in [5.74, 6) is -3.77. The first kappa shape index (κ1) is 21.8. The highest BCUT2D eigenvalue weighted by molar-refractivity contribution is 6.01. The molecule has 3 saturated heterocycles. The summed E-state index contributed by atoms with van der Waals surface area (Å²) in [5.41, 5.74) is 0.0468. The number of alkyl carbamates (subject to hydrolysis) is 1. The predicted molar refractivity (Wildman–Crippen MR) is 117 cm³/mol. The molecule has 1 unspecified atom stereocenters. The summed E-state index contributed by atoms with van der Waals surface area (Å²) in [6.07, 6.45) is 5.05. The Labute approximate surface area is 196 Å². The maximum Gasteiger partial charge on any atom is 0.408 e. The molecule has 1 atom stereocenters. The van der Waals surface area contributed by atoms with E-state index in [2.05, 4.69) is 15.5 Å². The number of nitrogens with zero attached hydrogens (tertiary/aromatic N) is 2. The van der Waals surface area contributed by atoms with Crippen molar-refractivity contribution in [3.8, 4) is 0 Å². The number of ether oxygens (including phenoxy) is 1. The van der Waals surface area contributed by atoms with Crippen molar-refractivity contribution in [1.82, 2.24) is 15.5 Å². The Morgan fingerprint density at radius 2 is 1.76 bits per heavy atom. The molecule has 8 nitrogen and oxygen atoms in total. The zero-order valence-electron chi connectivity index (χ0n) is 18.9. The van der Waals surface area contributed by atoms with E-state index < -0.39 is 35.5 Å². The number of imide groups is 1. The molecule has 10 heteroatoms. The molecule has 1 aromatic carbocycles. The number of likely N-dealkylation sites (tertiary alicyclic amines) is 1. The Bertz CT molecular complexity index is 1040. The van der Waals surface area contributed by atoms with Crippen molar-refractivity contribution < 1.29 is 27.9 Å². The van der Waals surface area contributed by atoms with Crippen LogP contribution in [0.2, 0.25) is 0 Å². The van der Waals surface area contributed by atoms with Crippen molar-refractivity contribution >= 4 is 23.6 Å². The molecular formula is C24H28F2N4O4. The van der Waals surface area contributed by atoms with Crippen LogP contribution in [0, 0.1) is 11.6 Å². The van der Waals surface area contributed by atoms with Crippen LogP contribution in [0.4, 0.5) is 19.3 Å². The van der Waals surface area contributed by atoms with Crippen LogP contribution in [0.1, 0.15) is 56.4 Å². The summed E-state index contributed by atoms with van der Waals surface area (Å²) in [7, 11) is 0. The van der Waals surface area contributed by atoms with Crippen LogP contribution >= 0.6 is 0 Å². The lowest BCUT2D eigenvalue weighted by molar-refractivity contribution is -0.134. The molecular weight excluding hydrogens is 446 g/mol. The van der Waals surface area contributed by atoms with Gasteiger partial charge in [-0.15, -0.1) is 0 Å². The van der Waals surface area contributed by atoms with Crippen molar-refractivity contribution in [2.75, 3.05) is 31.1 Å². The van der Waals surface area contributed by atoms with Gasteiger partial charge < -0.3 is 15.0 Å². The quantitative estimate of drug-likeness (QED) is 0.636. The molecule has 2 saturated carbocycles. The number of benzene rings is 1. The van der Waals surface area contributed by atoms with Gasteiger partial charge in [0.05, 0.1) is 24.5 Å². The van der Waals surface area contributed by atoms with Crippen LogP contribution in [0.3, 0.4) is 0 Å². The van der Waals surface area contributed by atoms with Gasteiger partial charge in [0.25, 0.3) is 0 Å². The Balaban J connectivity index is 1.02. The molecule has 0 spiro atoms. The van der Waals surface area contributed by atoms with Gasteiger partial charge in [-0.25, -0.2) is 13.6 Å². The second kappa shape index (κ2) is 7.63. The van der Waals surface area contributed by atoms with Gasteiger partial charge in [0.15, 0.2) is 0 Å². The van der Waals surface area contributed by atoms with Crippen LogP contribution < -0.4 is 15.5 Å². The van der Waals surface area contributed by atoms with E-state index in [1.54, 1.807) is 4.90 Å². The Hall–Kier alpha value is -2.75. The van der Waals surface area contributed by atoms with E-state index in [0.29, 0.717) is 18.8 Å². The zero-order valence-corrected chi connectivity index (χ0v) is 18.9. The van der Waals surface area contributed by atoms with Gasteiger partial charge in [-0.2, -0.15) is 0 Å². The normalized spacial score (nSPS) is 33.0.